The number of ether oxygens (including phenoxy) is 1. The van der Waals surface area contributed by atoms with Crippen molar-refractivity contribution in [3.63, 3.8) is 0 Å². The highest BCUT2D eigenvalue weighted by Crippen LogP contribution is 2.58. The maximum atomic E-state index is 13.1. The quantitative estimate of drug-likeness (QED) is 0.784. The molecule has 3 nitrogen and oxygen atoms in total. The number of amides is 1. The lowest BCUT2D eigenvalue weighted by Gasteiger charge is -2.29. The predicted octanol–water partition coefficient (Wildman–Crippen LogP) is 3.48. The number of alkyl carbamates (subject to hydrolysis) is 1. The van der Waals surface area contributed by atoms with Crippen LogP contribution in [-0.2, 0) is 4.74 Å². The van der Waals surface area contributed by atoms with Crippen molar-refractivity contribution in [3.8, 4) is 0 Å². The van der Waals surface area contributed by atoms with Crippen LogP contribution in [0, 0.1) is 5.41 Å². The molecule has 0 aromatic heterocycles. The Kier molecular flexibility index (Phi) is 3.06. The van der Waals surface area contributed by atoms with Gasteiger partial charge >= 0.3 is 6.09 Å². The van der Waals surface area contributed by atoms with E-state index in [1.54, 1.807) is 20.8 Å². The van der Waals surface area contributed by atoms with E-state index in [1.807, 2.05) is 0 Å². The van der Waals surface area contributed by atoms with E-state index in [2.05, 4.69) is 5.32 Å². The lowest BCUT2D eigenvalue weighted by Crippen LogP contribution is -2.37. The summed E-state index contributed by atoms with van der Waals surface area (Å²) in [5.74, 6) is -2.51. The normalized spacial score (nSPS) is 28.8. The van der Waals surface area contributed by atoms with Crippen LogP contribution in [-0.4, -0.2) is 23.7 Å². The van der Waals surface area contributed by atoms with Crippen molar-refractivity contribution in [2.75, 3.05) is 0 Å². The molecule has 2 saturated carbocycles. The molecule has 0 aromatic carbocycles. The Morgan fingerprint density at radius 1 is 1.22 bits per heavy atom. The first-order chi connectivity index (χ1) is 8.12. The topological polar surface area (TPSA) is 38.3 Å². The first-order valence-corrected chi connectivity index (χ1v) is 6.49. The smallest absolute Gasteiger partial charge is 0.407 e. The van der Waals surface area contributed by atoms with Gasteiger partial charge < -0.3 is 10.1 Å². The van der Waals surface area contributed by atoms with Crippen LogP contribution >= 0.6 is 0 Å². The van der Waals surface area contributed by atoms with Gasteiger partial charge in [-0.1, -0.05) is 0 Å². The van der Waals surface area contributed by atoms with Gasteiger partial charge in [0.15, 0.2) is 0 Å². The molecule has 2 aliphatic carbocycles. The number of hydrogen-bond acceptors (Lipinski definition) is 2. The maximum absolute atomic E-state index is 13.1. The summed E-state index contributed by atoms with van der Waals surface area (Å²) in [4.78, 5) is 11.6. The lowest BCUT2D eigenvalue weighted by molar-refractivity contribution is -0.0508. The Balaban J connectivity index is 1.80. The van der Waals surface area contributed by atoms with E-state index in [0.717, 1.165) is 6.42 Å². The van der Waals surface area contributed by atoms with Gasteiger partial charge in [0.1, 0.15) is 5.60 Å². The van der Waals surface area contributed by atoms with Crippen LogP contribution in [0.25, 0.3) is 0 Å². The third-order valence-electron chi connectivity index (χ3n) is 3.86. The van der Waals surface area contributed by atoms with Gasteiger partial charge in [-0.25, -0.2) is 13.6 Å². The third kappa shape index (κ3) is 3.12. The molecule has 5 heteroatoms. The zero-order valence-electron chi connectivity index (χ0n) is 11.2. The predicted molar refractivity (Wildman–Crippen MR) is 63.6 cm³/mol. The Bertz CT molecular complexity index is 339. The summed E-state index contributed by atoms with van der Waals surface area (Å²) in [6.07, 6.45) is 1.25. The van der Waals surface area contributed by atoms with E-state index in [1.165, 1.54) is 0 Å². The zero-order valence-corrected chi connectivity index (χ0v) is 11.2. The Morgan fingerprint density at radius 2 is 1.78 bits per heavy atom. The van der Waals surface area contributed by atoms with E-state index in [0.29, 0.717) is 12.8 Å². The van der Waals surface area contributed by atoms with Gasteiger partial charge in [-0.3, -0.25) is 0 Å². The van der Waals surface area contributed by atoms with Gasteiger partial charge in [-0.2, -0.15) is 0 Å². The van der Waals surface area contributed by atoms with Crippen molar-refractivity contribution in [3.05, 3.63) is 0 Å². The molecule has 0 radical (unpaired) electrons. The van der Waals surface area contributed by atoms with Gasteiger partial charge in [0.05, 0.1) is 0 Å². The van der Waals surface area contributed by atoms with Gasteiger partial charge in [0, 0.05) is 18.9 Å². The van der Waals surface area contributed by atoms with E-state index < -0.39 is 17.6 Å². The molecule has 2 fully saturated rings. The van der Waals surface area contributed by atoms with E-state index in [4.69, 9.17) is 4.74 Å². The summed E-state index contributed by atoms with van der Waals surface area (Å²) in [5.41, 5.74) is -0.607. The standard InChI is InChI=1S/C13H21F2NO2/c1-11(2,3)18-10(17)16-9-8-12(9)4-6-13(14,15)7-5-12/h9H,4-8H2,1-3H3,(H,16,17)/t9-/m0/s1. The number of hydrogen-bond donors (Lipinski definition) is 1. The summed E-state index contributed by atoms with van der Waals surface area (Å²) < 4.78 is 31.3. The number of carbonyl (C=O) groups excluding carboxylic acids is 1. The maximum Gasteiger partial charge on any atom is 0.407 e. The van der Waals surface area contributed by atoms with Crippen molar-refractivity contribution >= 4 is 6.09 Å². The van der Waals surface area contributed by atoms with Gasteiger partial charge in [0.25, 0.3) is 0 Å². The lowest BCUT2D eigenvalue weighted by atomic mass is 9.83. The molecule has 2 rings (SSSR count). The number of alkyl halides is 2. The molecular formula is C13H21F2NO2. The summed E-state index contributed by atoms with van der Waals surface area (Å²) >= 11 is 0. The molecule has 0 bridgehead atoms. The van der Waals surface area contributed by atoms with Crippen LogP contribution in [0.4, 0.5) is 13.6 Å². The minimum atomic E-state index is -2.51. The highest BCUT2D eigenvalue weighted by Gasteiger charge is 2.58. The molecule has 18 heavy (non-hydrogen) atoms. The molecule has 104 valence electrons. The molecule has 0 heterocycles. The number of rotatable bonds is 1. The average Bonchev–Trinajstić information content (AvgIpc) is 2.82. The van der Waals surface area contributed by atoms with Crippen LogP contribution in [0.2, 0.25) is 0 Å². The molecule has 1 spiro atoms. The highest BCUT2D eigenvalue weighted by molar-refractivity contribution is 5.68. The van der Waals surface area contributed by atoms with E-state index >= 15 is 0 Å². The average molecular weight is 261 g/mol. The van der Waals surface area contributed by atoms with E-state index in [9.17, 15) is 13.6 Å². The first-order valence-electron chi connectivity index (χ1n) is 6.49. The monoisotopic (exact) mass is 261 g/mol. The number of nitrogens with one attached hydrogen (secondary N) is 1. The fourth-order valence-electron chi connectivity index (χ4n) is 2.67. The summed E-state index contributed by atoms with van der Waals surface area (Å²) in [7, 11) is 0. The highest BCUT2D eigenvalue weighted by atomic mass is 19.3. The van der Waals surface area contributed by atoms with Gasteiger partial charge in [0.2, 0.25) is 5.92 Å². The second-order valence-corrected chi connectivity index (χ2v) is 6.62. The summed E-state index contributed by atoms with van der Waals surface area (Å²) in [5, 5.41) is 2.79. The largest absolute Gasteiger partial charge is 0.444 e. The Labute approximate surface area is 106 Å². The van der Waals surface area contributed by atoms with Crippen LogP contribution in [0.3, 0.4) is 0 Å². The fourth-order valence-corrected chi connectivity index (χ4v) is 2.67. The molecule has 1 amide bonds. The molecular weight excluding hydrogens is 240 g/mol. The van der Waals surface area contributed by atoms with Crippen LogP contribution < -0.4 is 5.32 Å². The minimum absolute atomic E-state index is 0.0171. The molecule has 0 aliphatic heterocycles. The SMILES string of the molecule is CC(C)(C)OC(=O)N[C@H]1CC12CCC(F)(F)CC2. The molecule has 1 atom stereocenters. The Hall–Kier alpha value is -0.870. The summed E-state index contributed by atoms with van der Waals surface area (Å²) in [6, 6.07) is 0.0171. The van der Waals surface area contributed by atoms with Crippen molar-refractivity contribution < 1.29 is 18.3 Å². The zero-order chi connectivity index (χ0) is 13.6. The molecule has 0 unspecified atom stereocenters. The van der Waals surface area contributed by atoms with Crippen molar-refractivity contribution in [2.45, 2.75) is 70.4 Å². The summed E-state index contributed by atoms with van der Waals surface area (Å²) in [6.45, 7) is 5.41. The second kappa shape index (κ2) is 4.07. The third-order valence-corrected chi connectivity index (χ3v) is 3.86. The van der Waals surface area contributed by atoms with Crippen LogP contribution in [0.15, 0.2) is 0 Å². The van der Waals surface area contributed by atoms with Crippen molar-refractivity contribution in [1.82, 2.24) is 5.32 Å². The molecule has 0 saturated heterocycles. The van der Waals surface area contributed by atoms with Gasteiger partial charge in [-0.15, -0.1) is 0 Å². The fraction of sp³-hybridized carbons (Fsp3) is 0.923. The first kappa shape index (κ1) is 13.6. The van der Waals surface area contributed by atoms with Crippen molar-refractivity contribution in [1.29, 1.82) is 0 Å². The molecule has 0 aromatic rings. The van der Waals surface area contributed by atoms with E-state index in [-0.39, 0.29) is 24.3 Å². The van der Waals surface area contributed by atoms with Crippen LogP contribution in [0.1, 0.15) is 52.9 Å². The Morgan fingerprint density at radius 3 is 2.28 bits per heavy atom. The van der Waals surface area contributed by atoms with Crippen LogP contribution in [0.5, 0.6) is 0 Å². The second-order valence-electron chi connectivity index (χ2n) is 6.62. The number of halogens is 2. The number of carbonyl (C=O) groups is 1. The van der Waals surface area contributed by atoms with Gasteiger partial charge in [-0.05, 0) is 45.4 Å². The minimum Gasteiger partial charge on any atom is -0.444 e. The van der Waals surface area contributed by atoms with Crippen molar-refractivity contribution in [2.24, 2.45) is 5.41 Å². The molecule has 1 N–H and O–H groups in total. The molecule has 2 aliphatic rings.